The van der Waals surface area contributed by atoms with E-state index in [0.717, 1.165) is 31.2 Å². The molecule has 0 amide bonds. The average Bonchev–Trinajstić information content (AvgIpc) is 3.25. The highest BCUT2D eigenvalue weighted by atomic mass is 32.2. The Bertz CT molecular complexity index is 691. The van der Waals surface area contributed by atoms with Crippen LogP contribution in [0.1, 0.15) is 65.4 Å². The van der Waals surface area contributed by atoms with E-state index in [1.54, 1.807) is 12.1 Å². The molecule has 142 valence electrons. The maximum Gasteiger partial charge on any atom is 0.212 e. The van der Waals surface area contributed by atoms with Gasteiger partial charge in [0.05, 0.1) is 17.9 Å². The van der Waals surface area contributed by atoms with Gasteiger partial charge in [-0.15, -0.1) is 0 Å². The van der Waals surface area contributed by atoms with Crippen LogP contribution in [0.5, 0.6) is 5.75 Å². The molecule has 25 heavy (non-hydrogen) atoms. The maximum absolute atomic E-state index is 14.0. The summed E-state index contributed by atoms with van der Waals surface area (Å²) in [5, 5.41) is 0. The molecule has 1 aromatic rings. The van der Waals surface area contributed by atoms with Gasteiger partial charge in [0.15, 0.2) is 11.6 Å². The molecule has 2 rings (SSSR count). The molecule has 1 saturated carbocycles. The van der Waals surface area contributed by atoms with Crippen LogP contribution in [0.3, 0.4) is 0 Å². The van der Waals surface area contributed by atoms with Gasteiger partial charge in [-0.1, -0.05) is 46.6 Å². The number of ether oxygens (including phenoxy) is 1. The highest BCUT2D eigenvalue weighted by molar-refractivity contribution is 7.89. The van der Waals surface area contributed by atoms with E-state index in [-0.39, 0.29) is 16.9 Å². The zero-order valence-corrected chi connectivity index (χ0v) is 16.5. The molecule has 0 radical (unpaired) electrons. The number of unbranched alkanes of at least 4 members (excludes halogenated alkanes) is 2. The normalized spacial score (nSPS) is 16.7. The molecule has 4 nitrogen and oxygen atoms in total. The summed E-state index contributed by atoms with van der Waals surface area (Å²) >= 11 is 0. The van der Waals surface area contributed by atoms with Crippen LogP contribution in [0.15, 0.2) is 18.2 Å². The van der Waals surface area contributed by atoms with E-state index in [1.807, 2.05) is 27.7 Å². The lowest BCUT2D eigenvalue weighted by atomic mass is 9.98. The van der Waals surface area contributed by atoms with E-state index >= 15 is 0 Å². The van der Waals surface area contributed by atoms with E-state index in [0.29, 0.717) is 13.0 Å². The third-order valence-electron chi connectivity index (χ3n) is 4.26. The molecular weight excluding hydrogens is 341 g/mol. The topological polar surface area (TPSA) is 55.4 Å². The van der Waals surface area contributed by atoms with Crippen LogP contribution in [0, 0.1) is 11.2 Å². The summed E-state index contributed by atoms with van der Waals surface area (Å²) in [6.45, 7) is 8.48. The lowest BCUT2D eigenvalue weighted by Crippen LogP contribution is -2.36. The first-order chi connectivity index (χ1) is 11.6. The van der Waals surface area contributed by atoms with Gasteiger partial charge in [0.2, 0.25) is 10.0 Å². The van der Waals surface area contributed by atoms with Gasteiger partial charge in [-0.3, -0.25) is 0 Å². The fourth-order valence-electron chi connectivity index (χ4n) is 2.67. The fraction of sp³-hybridized carbons (Fsp3) is 0.684. The molecule has 0 bridgehead atoms. The molecule has 1 N–H and O–H groups in total. The van der Waals surface area contributed by atoms with Crippen molar-refractivity contribution >= 4 is 10.0 Å². The highest BCUT2D eigenvalue weighted by Gasteiger charge is 2.47. The van der Waals surface area contributed by atoms with Crippen LogP contribution < -0.4 is 9.46 Å². The Morgan fingerprint density at radius 2 is 1.92 bits per heavy atom. The molecule has 0 aromatic heterocycles. The molecule has 0 heterocycles. The number of nitrogens with one attached hydrogen (secondary N) is 1. The Balaban J connectivity index is 2.12. The van der Waals surface area contributed by atoms with Gasteiger partial charge < -0.3 is 4.74 Å². The van der Waals surface area contributed by atoms with E-state index in [2.05, 4.69) is 4.72 Å². The van der Waals surface area contributed by atoms with Gasteiger partial charge >= 0.3 is 0 Å². The molecule has 0 spiro atoms. The molecule has 0 atom stereocenters. The zero-order chi connectivity index (χ0) is 18.7. The third-order valence-corrected chi connectivity index (χ3v) is 5.79. The van der Waals surface area contributed by atoms with Gasteiger partial charge in [0.25, 0.3) is 0 Å². The Labute approximate surface area is 151 Å². The lowest BCUT2D eigenvalue weighted by Gasteiger charge is -2.22. The van der Waals surface area contributed by atoms with Gasteiger partial charge in [-0.2, -0.15) is 0 Å². The van der Waals surface area contributed by atoms with Crippen molar-refractivity contribution in [1.29, 1.82) is 0 Å². The quantitative estimate of drug-likeness (QED) is 0.657. The Morgan fingerprint density at radius 1 is 1.24 bits per heavy atom. The van der Waals surface area contributed by atoms with E-state index < -0.39 is 21.4 Å². The van der Waals surface area contributed by atoms with Crippen molar-refractivity contribution < 1.29 is 17.5 Å². The highest BCUT2D eigenvalue weighted by Crippen LogP contribution is 2.47. The van der Waals surface area contributed by atoms with E-state index in [9.17, 15) is 12.8 Å². The molecule has 0 unspecified atom stereocenters. The van der Waals surface area contributed by atoms with Crippen molar-refractivity contribution in [2.75, 3.05) is 12.4 Å². The van der Waals surface area contributed by atoms with Crippen LogP contribution in [-0.4, -0.2) is 20.8 Å². The number of benzene rings is 1. The number of hydrogen-bond donors (Lipinski definition) is 1. The summed E-state index contributed by atoms with van der Waals surface area (Å²) < 4.78 is 47.1. The summed E-state index contributed by atoms with van der Waals surface area (Å²) in [4.78, 5) is 0. The molecular formula is C19H30FNO3S. The van der Waals surface area contributed by atoms with Crippen LogP contribution in [0.2, 0.25) is 0 Å². The number of sulfonamides is 1. The van der Waals surface area contributed by atoms with Crippen LogP contribution in [-0.2, 0) is 15.6 Å². The van der Waals surface area contributed by atoms with Crippen molar-refractivity contribution in [2.45, 2.75) is 65.3 Å². The van der Waals surface area contributed by atoms with Crippen molar-refractivity contribution in [1.82, 2.24) is 4.72 Å². The van der Waals surface area contributed by atoms with Gasteiger partial charge in [-0.25, -0.2) is 17.5 Å². The van der Waals surface area contributed by atoms with Crippen molar-refractivity contribution in [3.63, 3.8) is 0 Å². The SMILES string of the molecule is CCCCCS(=O)(=O)NC1(c2ccc(F)c(OCC(C)(C)C)c2)CC1. The summed E-state index contributed by atoms with van der Waals surface area (Å²) in [5.74, 6) is -0.101. The molecule has 1 aromatic carbocycles. The average molecular weight is 372 g/mol. The Kier molecular flexibility index (Phi) is 6.15. The number of rotatable bonds is 9. The summed E-state index contributed by atoms with van der Waals surface area (Å²) in [7, 11) is -3.34. The maximum atomic E-state index is 14.0. The van der Waals surface area contributed by atoms with Crippen molar-refractivity contribution in [3.05, 3.63) is 29.6 Å². The molecule has 0 saturated heterocycles. The Morgan fingerprint density at radius 3 is 2.48 bits per heavy atom. The first kappa shape index (κ1) is 20.2. The van der Waals surface area contributed by atoms with Gasteiger partial charge in [-0.05, 0) is 42.4 Å². The number of hydrogen-bond acceptors (Lipinski definition) is 3. The summed E-state index contributed by atoms with van der Waals surface area (Å²) in [5.41, 5.74) is 0.0935. The molecule has 1 fully saturated rings. The van der Waals surface area contributed by atoms with Gasteiger partial charge in [0, 0.05) is 0 Å². The van der Waals surface area contributed by atoms with Crippen LogP contribution in [0.4, 0.5) is 4.39 Å². The minimum Gasteiger partial charge on any atom is -0.490 e. The second-order valence-electron chi connectivity index (χ2n) is 8.20. The van der Waals surface area contributed by atoms with E-state index in [1.165, 1.54) is 6.07 Å². The van der Waals surface area contributed by atoms with Crippen molar-refractivity contribution in [2.24, 2.45) is 5.41 Å². The summed E-state index contributed by atoms with van der Waals surface area (Å²) in [6, 6.07) is 4.66. The van der Waals surface area contributed by atoms with Gasteiger partial charge in [0.1, 0.15) is 0 Å². The fourth-order valence-corrected chi connectivity index (χ4v) is 4.27. The second-order valence-corrected chi connectivity index (χ2v) is 10.0. The lowest BCUT2D eigenvalue weighted by molar-refractivity contribution is 0.191. The smallest absolute Gasteiger partial charge is 0.212 e. The predicted molar refractivity (Wildman–Crippen MR) is 98.7 cm³/mol. The predicted octanol–water partition coefficient (Wildman–Crippen LogP) is 4.35. The molecule has 0 aliphatic heterocycles. The van der Waals surface area contributed by atoms with E-state index in [4.69, 9.17) is 4.74 Å². The largest absolute Gasteiger partial charge is 0.490 e. The monoisotopic (exact) mass is 371 g/mol. The minimum absolute atomic E-state index is 0.0828. The van der Waals surface area contributed by atoms with Crippen molar-refractivity contribution in [3.8, 4) is 5.75 Å². The first-order valence-electron chi connectivity index (χ1n) is 9.01. The minimum atomic E-state index is -3.34. The third kappa shape index (κ3) is 5.96. The zero-order valence-electron chi connectivity index (χ0n) is 15.7. The van der Waals surface area contributed by atoms with Crippen LogP contribution >= 0.6 is 0 Å². The summed E-state index contributed by atoms with van der Waals surface area (Å²) in [6.07, 6.45) is 3.99. The molecule has 6 heteroatoms. The Hall–Kier alpha value is -1.14. The second kappa shape index (κ2) is 7.62. The first-order valence-corrected chi connectivity index (χ1v) is 10.7. The molecule has 1 aliphatic carbocycles. The standard InChI is InChI=1S/C19H30FNO3S/c1-5-6-7-12-25(22,23)21-19(10-11-19)15-8-9-16(20)17(13-15)24-14-18(2,3)4/h8-9,13,21H,5-7,10-12,14H2,1-4H3. The number of halogens is 1. The molecule has 1 aliphatic rings. The van der Waals surface area contributed by atoms with Crippen LogP contribution in [0.25, 0.3) is 0 Å².